The molecule has 0 heterocycles. The minimum Gasteiger partial charge on any atom is -0.496 e. The first-order valence-electron chi connectivity index (χ1n) is 6.93. The van der Waals surface area contributed by atoms with E-state index in [9.17, 15) is 14.7 Å². The molecule has 0 saturated heterocycles. The van der Waals surface area contributed by atoms with Crippen molar-refractivity contribution in [1.29, 1.82) is 0 Å². The van der Waals surface area contributed by atoms with Gasteiger partial charge < -0.3 is 24.6 Å². The third kappa shape index (κ3) is 4.64. The Morgan fingerprint density at radius 3 is 2.22 bits per heavy atom. The number of hydrogen-bond donors (Lipinski definition) is 2. The summed E-state index contributed by atoms with van der Waals surface area (Å²) in [5.41, 5.74) is 0.162. The molecule has 1 amide bonds. The van der Waals surface area contributed by atoms with E-state index >= 15 is 0 Å². The summed E-state index contributed by atoms with van der Waals surface area (Å²) in [6, 6.07) is 1.94. The molecule has 2 N–H and O–H groups in total. The normalized spacial score (nSPS) is 11.3. The summed E-state index contributed by atoms with van der Waals surface area (Å²) in [4.78, 5) is 23.6. The van der Waals surface area contributed by atoms with E-state index in [4.69, 9.17) is 14.2 Å². The fourth-order valence-corrected chi connectivity index (χ4v) is 1.98. The number of rotatable bonds is 9. The van der Waals surface area contributed by atoms with Gasteiger partial charge >= 0.3 is 5.97 Å². The van der Waals surface area contributed by atoms with Crippen LogP contribution < -0.4 is 19.5 Å². The summed E-state index contributed by atoms with van der Waals surface area (Å²) in [7, 11) is 4.31. The zero-order chi connectivity index (χ0) is 17.4. The van der Waals surface area contributed by atoms with Crippen molar-refractivity contribution in [3.8, 4) is 17.2 Å². The third-order valence-electron chi connectivity index (χ3n) is 3.21. The van der Waals surface area contributed by atoms with Crippen molar-refractivity contribution in [2.45, 2.75) is 18.9 Å². The second-order valence-electron chi connectivity index (χ2n) is 4.64. The van der Waals surface area contributed by atoms with Crippen LogP contribution in [0.3, 0.4) is 0 Å². The van der Waals surface area contributed by atoms with Crippen LogP contribution in [0.4, 0.5) is 0 Å². The lowest BCUT2D eigenvalue weighted by molar-refractivity contribution is -0.139. The molecule has 126 valence electrons. The predicted molar refractivity (Wildman–Crippen MR) is 84.4 cm³/mol. The summed E-state index contributed by atoms with van der Waals surface area (Å²) in [6.45, 7) is 3.54. The molecule has 0 aliphatic heterocycles. The van der Waals surface area contributed by atoms with Gasteiger partial charge in [-0.15, -0.1) is 6.58 Å². The maximum absolute atomic E-state index is 12.4. The molecule has 7 nitrogen and oxygen atoms in total. The van der Waals surface area contributed by atoms with Gasteiger partial charge in [-0.1, -0.05) is 6.08 Å². The molecule has 0 aliphatic rings. The molecule has 0 aliphatic carbocycles. The van der Waals surface area contributed by atoms with Gasteiger partial charge in [-0.2, -0.15) is 0 Å². The highest BCUT2D eigenvalue weighted by atomic mass is 16.5. The van der Waals surface area contributed by atoms with Gasteiger partial charge in [0.25, 0.3) is 5.91 Å². The molecule has 0 spiro atoms. The number of allylic oxidation sites excluding steroid dienone is 1. The lowest BCUT2D eigenvalue weighted by atomic mass is 10.1. The van der Waals surface area contributed by atoms with Crippen molar-refractivity contribution in [3.05, 3.63) is 30.4 Å². The molecule has 1 aromatic carbocycles. The van der Waals surface area contributed by atoms with Crippen LogP contribution in [-0.2, 0) is 4.79 Å². The maximum atomic E-state index is 12.4. The van der Waals surface area contributed by atoms with Crippen molar-refractivity contribution in [3.63, 3.8) is 0 Å². The number of benzene rings is 1. The standard InChI is InChI=1S/C16H21NO6/c1-5-6-7-11(16(19)20)17-15(18)10-8-13(22-3)14(23-4)9-12(10)21-2/h5,8-9,11H,1,6-7H2,2-4H3,(H,17,18)(H,19,20). The lowest BCUT2D eigenvalue weighted by Gasteiger charge is -2.17. The van der Waals surface area contributed by atoms with Crippen molar-refractivity contribution in [2.24, 2.45) is 0 Å². The molecule has 23 heavy (non-hydrogen) atoms. The number of amides is 1. The van der Waals surface area contributed by atoms with Crippen molar-refractivity contribution < 1.29 is 28.9 Å². The Bertz CT molecular complexity index is 584. The molecular formula is C16H21NO6. The average Bonchev–Trinajstić information content (AvgIpc) is 2.56. The summed E-state index contributed by atoms with van der Waals surface area (Å²) in [5.74, 6) is -0.675. The summed E-state index contributed by atoms with van der Waals surface area (Å²) in [5, 5.41) is 11.6. The van der Waals surface area contributed by atoms with E-state index in [-0.39, 0.29) is 17.7 Å². The van der Waals surface area contributed by atoms with Crippen LogP contribution >= 0.6 is 0 Å². The molecule has 0 fully saturated rings. The second-order valence-corrected chi connectivity index (χ2v) is 4.64. The van der Waals surface area contributed by atoms with Gasteiger partial charge in [-0.25, -0.2) is 4.79 Å². The summed E-state index contributed by atoms with van der Waals surface area (Å²) >= 11 is 0. The van der Waals surface area contributed by atoms with Gasteiger partial charge in [-0.05, 0) is 12.8 Å². The second kappa shape index (κ2) is 8.67. The largest absolute Gasteiger partial charge is 0.496 e. The molecule has 1 unspecified atom stereocenters. The number of nitrogens with one attached hydrogen (secondary N) is 1. The van der Waals surface area contributed by atoms with E-state index in [2.05, 4.69) is 11.9 Å². The number of carbonyl (C=O) groups is 2. The highest BCUT2D eigenvalue weighted by Crippen LogP contribution is 2.34. The van der Waals surface area contributed by atoms with Crippen LogP contribution in [0.25, 0.3) is 0 Å². The number of carboxylic acid groups (broad SMARTS) is 1. The number of hydrogen-bond acceptors (Lipinski definition) is 5. The summed E-state index contributed by atoms with van der Waals surface area (Å²) in [6.07, 6.45) is 2.32. The molecule has 0 aromatic heterocycles. The molecule has 7 heteroatoms. The van der Waals surface area contributed by atoms with Gasteiger partial charge in [0.1, 0.15) is 11.8 Å². The van der Waals surface area contributed by atoms with Crippen LogP contribution in [0.5, 0.6) is 17.2 Å². The minimum atomic E-state index is -1.11. The Kier molecular flexibility index (Phi) is 6.92. The Hall–Kier alpha value is -2.70. The molecular weight excluding hydrogens is 302 g/mol. The lowest BCUT2D eigenvalue weighted by Crippen LogP contribution is -2.40. The fraction of sp³-hybridized carbons (Fsp3) is 0.375. The van der Waals surface area contributed by atoms with Crippen molar-refractivity contribution >= 4 is 11.9 Å². The SMILES string of the molecule is C=CCCC(NC(=O)c1cc(OC)c(OC)cc1OC)C(=O)O. The molecule has 1 aromatic rings. The van der Waals surface area contributed by atoms with Gasteiger partial charge in [-0.3, -0.25) is 4.79 Å². The Labute approximate surface area is 134 Å². The first kappa shape index (κ1) is 18.3. The molecule has 0 saturated carbocycles. The highest BCUT2D eigenvalue weighted by Gasteiger charge is 2.23. The molecule has 0 radical (unpaired) electrons. The Balaban J connectivity index is 3.10. The number of aliphatic carboxylic acids is 1. The van der Waals surface area contributed by atoms with E-state index in [1.165, 1.54) is 33.5 Å². The summed E-state index contributed by atoms with van der Waals surface area (Å²) < 4.78 is 15.5. The zero-order valence-corrected chi connectivity index (χ0v) is 13.4. The van der Waals surface area contributed by atoms with Gasteiger partial charge in [0, 0.05) is 12.1 Å². The Morgan fingerprint density at radius 2 is 1.74 bits per heavy atom. The maximum Gasteiger partial charge on any atom is 0.326 e. The zero-order valence-electron chi connectivity index (χ0n) is 13.4. The smallest absolute Gasteiger partial charge is 0.326 e. The molecule has 1 atom stereocenters. The first-order valence-corrected chi connectivity index (χ1v) is 6.93. The monoisotopic (exact) mass is 323 g/mol. The van der Waals surface area contributed by atoms with Crippen LogP contribution in [0.15, 0.2) is 24.8 Å². The third-order valence-corrected chi connectivity index (χ3v) is 3.21. The van der Waals surface area contributed by atoms with Gasteiger partial charge in [0.2, 0.25) is 0 Å². The van der Waals surface area contributed by atoms with E-state index in [0.717, 1.165) is 0 Å². The van der Waals surface area contributed by atoms with E-state index < -0.39 is 17.9 Å². The van der Waals surface area contributed by atoms with E-state index in [1.54, 1.807) is 6.08 Å². The predicted octanol–water partition coefficient (Wildman–Crippen LogP) is 1.86. The first-order chi connectivity index (χ1) is 11.0. The topological polar surface area (TPSA) is 94.1 Å². The van der Waals surface area contributed by atoms with Crippen LogP contribution in [0.1, 0.15) is 23.2 Å². The number of carbonyl (C=O) groups excluding carboxylic acids is 1. The molecule has 0 bridgehead atoms. The van der Waals surface area contributed by atoms with Crippen LogP contribution in [0, 0.1) is 0 Å². The fourth-order valence-electron chi connectivity index (χ4n) is 1.98. The average molecular weight is 323 g/mol. The van der Waals surface area contributed by atoms with Crippen molar-refractivity contribution in [1.82, 2.24) is 5.32 Å². The Morgan fingerprint density at radius 1 is 1.17 bits per heavy atom. The minimum absolute atomic E-state index is 0.162. The number of ether oxygens (including phenoxy) is 3. The quantitative estimate of drug-likeness (QED) is 0.674. The van der Waals surface area contributed by atoms with Gasteiger partial charge in [0.05, 0.1) is 26.9 Å². The van der Waals surface area contributed by atoms with Gasteiger partial charge in [0.15, 0.2) is 11.5 Å². The van der Waals surface area contributed by atoms with Crippen LogP contribution in [-0.4, -0.2) is 44.4 Å². The van der Waals surface area contributed by atoms with E-state index in [1.807, 2.05) is 0 Å². The van der Waals surface area contributed by atoms with Crippen molar-refractivity contribution in [2.75, 3.05) is 21.3 Å². The van der Waals surface area contributed by atoms with Crippen LogP contribution in [0.2, 0.25) is 0 Å². The highest BCUT2D eigenvalue weighted by molar-refractivity contribution is 5.99. The van der Waals surface area contributed by atoms with E-state index in [0.29, 0.717) is 17.9 Å². The molecule has 1 rings (SSSR count). The number of methoxy groups -OCH3 is 3. The number of carboxylic acids is 1.